The lowest BCUT2D eigenvalue weighted by molar-refractivity contribution is 0.0864. The van der Waals surface area contributed by atoms with E-state index in [1.807, 2.05) is 31.2 Å². The van der Waals surface area contributed by atoms with E-state index in [1.54, 1.807) is 7.11 Å². The molecule has 1 saturated carbocycles. The highest BCUT2D eigenvalue weighted by Gasteiger charge is 2.28. The molecule has 0 unspecified atom stereocenters. The summed E-state index contributed by atoms with van der Waals surface area (Å²) in [6.07, 6.45) is 2.53. The van der Waals surface area contributed by atoms with Crippen molar-refractivity contribution >= 4 is 11.8 Å². The number of nitrogens with one attached hydrogen (secondary N) is 2. The van der Waals surface area contributed by atoms with Crippen molar-refractivity contribution in [3.63, 3.8) is 0 Å². The van der Waals surface area contributed by atoms with E-state index in [0.29, 0.717) is 24.2 Å². The number of ether oxygens (including phenoxy) is 1. The van der Waals surface area contributed by atoms with E-state index in [0.717, 1.165) is 24.2 Å². The second kappa shape index (κ2) is 9.13. The van der Waals surface area contributed by atoms with Crippen molar-refractivity contribution in [1.82, 2.24) is 10.6 Å². The molecule has 3 N–H and O–H groups in total. The summed E-state index contributed by atoms with van der Waals surface area (Å²) in [5.41, 5.74) is 1.30. The zero-order chi connectivity index (χ0) is 21.0. The Morgan fingerprint density at radius 1 is 1.14 bits per heavy atom. The number of rotatable bonds is 6. The Morgan fingerprint density at radius 2 is 1.79 bits per heavy atom. The smallest absolute Gasteiger partial charge is 0.286 e. The van der Waals surface area contributed by atoms with Gasteiger partial charge in [-0.3, -0.25) is 9.59 Å². The van der Waals surface area contributed by atoms with Crippen LogP contribution >= 0.6 is 0 Å². The fourth-order valence-electron chi connectivity index (χ4n) is 3.67. The summed E-state index contributed by atoms with van der Waals surface area (Å²) in [4.78, 5) is 25.1. The highest BCUT2D eigenvalue weighted by atomic mass is 16.5. The summed E-state index contributed by atoms with van der Waals surface area (Å²) in [5, 5.41) is 15.2. The van der Waals surface area contributed by atoms with Gasteiger partial charge in [-0.2, -0.15) is 0 Å². The summed E-state index contributed by atoms with van der Waals surface area (Å²) in [6, 6.07) is 9.03. The summed E-state index contributed by atoms with van der Waals surface area (Å²) in [7, 11) is 3.12. The maximum absolute atomic E-state index is 13.0. The van der Waals surface area contributed by atoms with Gasteiger partial charge in [-0.05, 0) is 43.4 Å². The second-order valence-electron chi connectivity index (χ2n) is 7.44. The average molecular weight is 400 g/mol. The molecule has 1 aliphatic carbocycles. The quantitative estimate of drug-likeness (QED) is 0.692. The normalized spacial score (nSPS) is 20.0. The molecule has 1 aliphatic rings. The maximum atomic E-state index is 13.0. The topological polar surface area (TPSA) is 101 Å². The molecule has 1 atom stereocenters. The maximum Gasteiger partial charge on any atom is 0.286 e. The SMILES string of the molecule is CNC(=O)c1cc(C(=O)N[C@H]2CC[C@H](O)CC2)c([C@@H](C)c2ccc(OC)cc2)o1. The number of benzene rings is 1. The molecule has 29 heavy (non-hydrogen) atoms. The molecule has 2 aromatic rings. The lowest BCUT2D eigenvalue weighted by atomic mass is 9.92. The van der Waals surface area contributed by atoms with Crippen LogP contribution in [0.25, 0.3) is 0 Å². The van der Waals surface area contributed by atoms with E-state index in [-0.39, 0.29) is 35.6 Å². The van der Waals surface area contributed by atoms with E-state index < -0.39 is 0 Å². The van der Waals surface area contributed by atoms with Crippen LogP contribution in [0.3, 0.4) is 0 Å². The fraction of sp³-hybridized carbons (Fsp3) is 0.455. The Hall–Kier alpha value is -2.80. The molecule has 1 aromatic heterocycles. The zero-order valence-electron chi connectivity index (χ0n) is 17.0. The molecule has 7 heteroatoms. The minimum Gasteiger partial charge on any atom is -0.497 e. The number of hydrogen-bond acceptors (Lipinski definition) is 5. The van der Waals surface area contributed by atoms with Crippen molar-refractivity contribution in [2.45, 2.75) is 50.7 Å². The Balaban J connectivity index is 1.87. The molecule has 0 saturated heterocycles. The third-order valence-corrected chi connectivity index (χ3v) is 5.50. The van der Waals surface area contributed by atoms with E-state index in [1.165, 1.54) is 13.1 Å². The van der Waals surface area contributed by atoms with Crippen LogP contribution in [0.2, 0.25) is 0 Å². The Bertz CT molecular complexity index is 851. The molecule has 0 radical (unpaired) electrons. The molecular weight excluding hydrogens is 372 g/mol. The van der Waals surface area contributed by atoms with Crippen LogP contribution in [0.5, 0.6) is 5.75 Å². The number of carbonyl (C=O) groups is 2. The third-order valence-electron chi connectivity index (χ3n) is 5.50. The minimum atomic E-state index is -0.381. The minimum absolute atomic E-state index is 0.00777. The average Bonchev–Trinajstić information content (AvgIpc) is 3.20. The summed E-state index contributed by atoms with van der Waals surface area (Å²) in [6.45, 7) is 1.93. The van der Waals surface area contributed by atoms with Gasteiger partial charge >= 0.3 is 0 Å². The molecule has 2 amide bonds. The van der Waals surface area contributed by atoms with Crippen LogP contribution in [-0.4, -0.2) is 43.2 Å². The number of hydrogen-bond donors (Lipinski definition) is 3. The predicted octanol–water partition coefficient (Wildman–Crippen LogP) is 2.83. The highest BCUT2D eigenvalue weighted by molar-refractivity contribution is 5.99. The monoisotopic (exact) mass is 400 g/mol. The van der Waals surface area contributed by atoms with Gasteiger partial charge in [0.2, 0.25) is 0 Å². The molecule has 1 fully saturated rings. The van der Waals surface area contributed by atoms with Gasteiger partial charge in [-0.25, -0.2) is 0 Å². The van der Waals surface area contributed by atoms with Crippen LogP contribution in [0.4, 0.5) is 0 Å². The summed E-state index contributed by atoms with van der Waals surface area (Å²) in [5.74, 6) is 0.417. The second-order valence-corrected chi connectivity index (χ2v) is 7.44. The number of aliphatic hydroxyl groups excluding tert-OH is 1. The standard InChI is InChI=1S/C22H28N2O5/c1-13(14-4-10-17(28-3)11-5-14)20-18(12-19(29-20)22(27)23-2)21(26)24-15-6-8-16(25)9-7-15/h4-5,10-13,15-16,25H,6-9H2,1-3H3,(H,23,27)(H,24,26)/t13-,15-,16-/m0/s1. The van der Waals surface area contributed by atoms with E-state index in [9.17, 15) is 14.7 Å². The number of aliphatic hydroxyl groups is 1. The first-order chi connectivity index (χ1) is 13.9. The molecule has 156 valence electrons. The molecule has 7 nitrogen and oxygen atoms in total. The zero-order valence-corrected chi connectivity index (χ0v) is 17.0. The molecule has 1 heterocycles. The first kappa shape index (κ1) is 20.9. The number of amides is 2. The van der Waals surface area contributed by atoms with Crippen LogP contribution in [0.1, 0.15) is 70.8 Å². The van der Waals surface area contributed by atoms with Gasteiger partial charge in [0.05, 0.1) is 18.8 Å². The number of carbonyl (C=O) groups excluding carboxylic acids is 2. The largest absolute Gasteiger partial charge is 0.497 e. The van der Waals surface area contributed by atoms with Crippen LogP contribution in [0, 0.1) is 0 Å². The van der Waals surface area contributed by atoms with Gasteiger partial charge in [0.1, 0.15) is 11.5 Å². The predicted molar refractivity (Wildman–Crippen MR) is 108 cm³/mol. The first-order valence-electron chi connectivity index (χ1n) is 9.91. The number of methoxy groups -OCH3 is 1. The molecule has 0 bridgehead atoms. The van der Waals surface area contributed by atoms with Crippen molar-refractivity contribution in [3.8, 4) is 5.75 Å². The van der Waals surface area contributed by atoms with Crippen molar-refractivity contribution in [2.75, 3.05) is 14.2 Å². The van der Waals surface area contributed by atoms with Crippen LogP contribution in [-0.2, 0) is 0 Å². The van der Waals surface area contributed by atoms with Gasteiger partial charge < -0.3 is 24.9 Å². The van der Waals surface area contributed by atoms with E-state index >= 15 is 0 Å². The van der Waals surface area contributed by atoms with Gasteiger partial charge in [0, 0.05) is 25.1 Å². The number of furan rings is 1. The van der Waals surface area contributed by atoms with Crippen molar-refractivity contribution in [2.24, 2.45) is 0 Å². The van der Waals surface area contributed by atoms with Crippen LogP contribution in [0.15, 0.2) is 34.7 Å². The summed E-state index contributed by atoms with van der Waals surface area (Å²) >= 11 is 0. The fourth-order valence-corrected chi connectivity index (χ4v) is 3.67. The van der Waals surface area contributed by atoms with Gasteiger partial charge in [0.15, 0.2) is 5.76 Å². The highest BCUT2D eigenvalue weighted by Crippen LogP contribution is 2.31. The molecule has 3 rings (SSSR count). The Labute approximate surface area is 170 Å². The molecular formula is C22H28N2O5. The van der Waals surface area contributed by atoms with Gasteiger partial charge in [-0.15, -0.1) is 0 Å². The van der Waals surface area contributed by atoms with Gasteiger partial charge in [0.25, 0.3) is 11.8 Å². The van der Waals surface area contributed by atoms with E-state index in [2.05, 4.69) is 10.6 Å². The third kappa shape index (κ3) is 4.79. The van der Waals surface area contributed by atoms with Crippen molar-refractivity contribution in [3.05, 3.63) is 53.0 Å². The first-order valence-corrected chi connectivity index (χ1v) is 9.91. The van der Waals surface area contributed by atoms with E-state index in [4.69, 9.17) is 9.15 Å². The van der Waals surface area contributed by atoms with Crippen molar-refractivity contribution < 1.29 is 23.8 Å². The Kier molecular flexibility index (Phi) is 6.59. The molecule has 0 aliphatic heterocycles. The Morgan fingerprint density at radius 3 is 2.38 bits per heavy atom. The molecule has 0 spiro atoms. The van der Waals surface area contributed by atoms with Crippen LogP contribution < -0.4 is 15.4 Å². The lowest BCUT2D eigenvalue weighted by Crippen LogP contribution is -2.38. The summed E-state index contributed by atoms with van der Waals surface area (Å²) < 4.78 is 11.0. The lowest BCUT2D eigenvalue weighted by Gasteiger charge is -2.26. The van der Waals surface area contributed by atoms with Crippen molar-refractivity contribution in [1.29, 1.82) is 0 Å². The molecule has 1 aromatic carbocycles. The van der Waals surface area contributed by atoms with Gasteiger partial charge in [-0.1, -0.05) is 19.1 Å².